The van der Waals surface area contributed by atoms with E-state index in [1.807, 2.05) is 6.92 Å². The molecule has 0 saturated heterocycles. The largest absolute Gasteiger partial charge is 0.493 e. The first-order valence-electron chi connectivity index (χ1n) is 8.76. The van der Waals surface area contributed by atoms with Gasteiger partial charge in [-0.05, 0) is 59.7 Å². The van der Waals surface area contributed by atoms with E-state index < -0.39 is 0 Å². The van der Waals surface area contributed by atoms with Crippen LogP contribution in [0.15, 0.2) is 54.6 Å². The number of ether oxygens (including phenoxy) is 1. The number of fused-ring (bicyclic) bond motifs is 1. The molecule has 0 fully saturated rings. The van der Waals surface area contributed by atoms with Gasteiger partial charge in [0.2, 0.25) is 0 Å². The molecule has 5 rings (SSSR count). The first-order chi connectivity index (χ1) is 12.2. The molecule has 0 amide bonds. The Kier molecular flexibility index (Phi) is 3.08. The zero-order valence-corrected chi connectivity index (χ0v) is 14.5. The quantitative estimate of drug-likeness (QED) is 0.454. The molecule has 0 aliphatic carbocycles. The summed E-state index contributed by atoms with van der Waals surface area (Å²) < 4.78 is 5.90. The van der Waals surface area contributed by atoms with Crippen LogP contribution in [0.25, 0.3) is 32.8 Å². The van der Waals surface area contributed by atoms with Gasteiger partial charge in [0.25, 0.3) is 0 Å². The highest BCUT2D eigenvalue weighted by Gasteiger charge is 2.17. The summed E-state index contributed by atoms with van der Waals surface area (Å²) >= 11 is 0. The minimum atomic E-state index is 0.766. The third kappa shape index (κ3) is 2.21. The summed E-state index contributed by atoms with van der Waals surface area (Å²) in [5.74, 6) is 1.01. The average Bonchev–Trinajstić information content (AvgIpc) is 2.61. The second-order valence-corrected chi connectivity index (χ2v) is 6.88. The van der Waals surface area contributed by atoms with E-state index >= 15 is 0 Å². The van der Waals surface area contributed by atoms with Gasteiger partial charge >= 0.3 is 0 Å². The van der Waals surface area contributed by atoms with Crippen molar-refractivity contribution in [3.05, 3.63) is 71.4 Å². The predicted molar refractivity (Wildman–Crippen MR) is 103 cm³/mol. The van der Waals surface area contributed by atoms with Crippen LogP contribution in [0.1, 0.15) is 16.8 Å². The number of hydrogen-bond acceptors (Lipinski definition) is 2. The minimum Gasteiger partial charge on any atom is -0.493 e. The SMILES string of the molecule is Cc1cc(-c2ccc3c4c(cccc24)CCO3)c2ccc(C)nc2c1. The summed E-state index contributed by atoms with van der Waals surface area (Å²) in [6, 6.07) is 19.6. The Hall–Kier alpha value is -2.87. The molecule has 0 saturated carbocycles. The maximum Gasteiger partial charge on any atom is 0.127 e. The second-order valence-electron chi connectivity index (χ2n) is 6.88. The number of aryl methyl sites for hydroxylation is 2. The fourth-order valence-electron chi connectivity index (χ4n) is 3.98. The van der Waals surface area contributed by atoms with Crippen molar-refractivity contribution in [3.8, 4) is 16.9 Å². The molecule has 0 spiro atoms. The fourth-order valence-corrected chi connectivity index (χ4v) is 3.98. The van der Waals surface area contributed by atoms with E-state index in [4.69, 9.17) is 9.72 Å². The van der Waals surface area contributed by atoms with Gasteiger partial charge in [0.15, 0.2) is 0 Å². The van der Waals surface area contributed by atoms with Gasteiger partial charge in [0.1, 0.15) is 5.75 Å². The van der Waals surface area contributed by atoms with Crippen molar-refractivity contribution in [3.63, 3.8) is 0 Å². The molecule has 3 aromatic carbocycles. The minimum absolute atomic E-state index is 0.766. The van der Waals surface area contributed by atoms with Crippen LogP contribution in [0.5, 0.6) is 5.75 Å². The Bertz CT molecular complexity index is 1130. The first kappa shape index (κ1) is 14.5. The molecule has 1 aromatic heterocycles. The van der Waals surface area contributed by atoms with Crippen LogP contribution in [0.3, 0.4) is 0 Å². The Balaban J connectivity index is 1.89. The monoisotopic (exact) mass is 325 g/mol. The van der Waals surface area contributed by atoms with Crippen molar-refractivity contribution in [2.24, 2.45) is 0 Å². The lowest BCUT2D eigenvalue weighted by Crippen LogP contribution is -2.08. The lowest BCUT2D eigenvalue weighted by atomic mass is 9.90. The highest BCUT2D eigenvalue weighted by molar-refractivity contribution is 6.07. The van der Waals surface area contributed by atoms with E-state index in [9.17, 15) is 0 Å². The van der Waals surface area contributed by atoms with Crippen molar-refractivity contribution in [1.82, 2.24) is 4.98 Å². The van der Waals surface area contributed by atoms with Crippen molar-refractivity contribution < 1.29 is 4.74 Å². The van der Waals surface area contributed by atoms with Gasteiger partial charge in [-0.1, -0.05) is 36.4 Å². The van der Waals surface area contributed by atoms with Crippen LogP contribution >= 0.6 is 0 Å². The van der Waals surface area contributed by atoms with Gasteiger partial charge in [0, 0.05) is 22.9 Å². The Labute approximate surface area is 147 Å². The molecule has 25 heavy (non-hydrogen) atoms. The number of benzene rings is 3. The van der Waals surface area contributed by atoms with E-state index in [-0.39, 0.29) is 0 Å². The van der Waals surface area contributed by atoms with Gasteiger partial charge < -0.3 is 4.74 Å². The number of rotatable bonds is 1. The van der Waals surface area contributed by atoms with E-state index in [2.05, 4.69) is 61.5 Å². The maximum atomic E-state index is 5.90. The standard InChI is InChI=1S/C23H19NO/c1-14-12-20(18-7-6-15(2)24-21(18)13-14)17-8-9-22-23-16(10-11-25-22)4-3-5-19(17)23/h3-9,12-13H,10-11H2,1-2H3. The smallest absolute Gasteiger partial charge is 0.127 e. The highest BCUT2D eigenvalue weighted by Crippen LogP contribution is 2.40. The number of nitrogens with zero attached hydrogens (tertiary/aromatic N) is 1. The molecule has 0 atom stereocenters. The molecule has 122 valence electrons. The molecule has 0 unspecified atom stereocenters. The van der Waals surface area contributed by atoms with Crippen LogP contribution in [-0.4, -0.2) is 11.6 Å². The van der Waals surface area contributed by atoms with E-state index in [0.29, 0.717) is 0 Å². The highest BCUT2D eigenvalue weighted by atomic mass is 16.5. The zero-order chi connectivity index (χ0) is 17.0. The molecular weight excluding hydrogens is 306 g/mol. The average molecular weight is 325 g/mol. The van der Waals surface area contributed by atoms with Crippen molar-refractivity contribution in [2.45, 2.75) is 20.3 Å². The normalized spacial score (nSPS) is 13.2. The summed E-state index contributed by atoms with van der Waals surface area (Å²) in [5.41, 5.74) is 7.23. The summed E-state index contributed by atoms with van der Waals surface area (Å²) in [7, 11) is 0. The van der Waals surface area contributed by atoms with Crippen molar-refractivity contribution in [1.29, 1.82) is 0 Å². The Morgan fingerprint density at radius 2 is 1.80 bits per heavy atom. The predicted octanol–water partition coefficient (Wildman–Crippen LogP) is 5.61. The Morgan fingerprint density at radius 1 is 0.880 bits per heavy atom. The molecule has 2 nitrogen and oxygen atoms in total. The Morgan fingerprint density at radius 3 is 2.72 bits per heavy atom. The maximum absolute atomic E-state index is 5.90. The molecule has 2 heteroatoms. The van der Waals surface area contributed by atoms with Gasteiger partial charge in [-0.2, -0.15) is 0 Å². The van der Waals surface area contributed by atoms with Crippen LogP contribution < -0.4 is 4.74 Å². The number of pyridine rings is 1. The van der Waals surface area contributed by atoms with E-state index in [0.717, 1.165) is 30.0 Å². The van der Waals surface area contributed by atoms with Crippen LogP contribution in [0.2, 0.25) is 0 Å². The summed E-state index contributed by atoms with van der Waals surface area (Å²) in [5, 5.41) is 3.73. The first-order valence-corrected chi connectivity index (χ1v) is 8.76. The van der Waals surface area contributed by atoms with Crippen molar-refractivity contribution in [2.75, 3.05) is 6.61 Å². The molecule has 0 bridgehead atoms. The summed E-state index contributed by atoms with van der Waals surface area (Å²) in [6.45, 7) is 4.95. The van der Waals surface area contributed by atoms with Crippen LogP contribution in [0.4, 0.5) is 0 Å². The molecule has 1 aliphatic rings. The second kappa shape index (κ2) is 5.32. The van der Waals surface area contributed by atoms with Crippen molar-refractivity contribution >= 4 is 21.7 Å². The van der Waals surface area contributed by atoms with Crippen LogP contribution in [0, 0.1) is 13.8 Å². The lowest BCUT2D eigenvalue weighted by Gasteiger charge is -2.20. The van der Waals surface area contributed by atoms with Gasteiger partial charge in [-0.3, -0.25) is 4.98 Å². The van der Waals surface area contributed by atoms with Gasteiger partial charge in [0.05, 0.1) is 12.1 Å². The molecule has 2 heterocycles. The molecule has 4 aromatic rings. The molecule has 0 radical (unpaired) electrons. The van der Waals surface area contributed by atoms with E-state index in [1.165, 1.54) is 38.4 Å². The molecule has 1 aliphatic heterocycles. The van der Waals surface area contributed by atoms with Crippen LogP contribution in [-0.2, 0) is 6.42 Å². The molecule has 0 N–H and O–H groups in total. The summed E-state index contributed by atoms with van der Waals surface area (Å²) in [6.07, 6.45) is 0.975. The lowest BCUT2D eigenvalue weighted by molar-refractivity contribution is 0.318. The topological polar surface area (TPSA) is 22.1 Å². The third-order valence-corrected chi connectivity index (χ3v) is 5.10. The number of hydrogen-bond donors (Lipinski definition) is 0. The molecular formula is C23H19NO. The van der Waals surface area contributed by atoms with Gasteiger partial charge in [-0.15, -0.1) is 0 Å². The zero-order valence-electron chi connectivity index (χ0n) is 14.5. The van der Waals surface area contributed by atoms with Gasteiger partial charge in [-0.25, -0.2) is 0 Å². The van der Waals surface area contributed by atoms with E-state index in [1.54, 1.807) is 0 Å². The fraction of sp³-hybridized carbons (Fsp3) is 0.174. The third-order valence-electron chi connectivity index (χ3n) is 5.10. The number of aromatic nitrogens is 1. The summed E-state index contributed by atoms with van der Waals surface area (Å²) in [4.78, 5) is 4.74.